The van der Waals surface area contributed by atoms with E-state index in [0.29, 0.717) is 43.3 Å². The fourth-order valence-corrected chi connectivity index (χ4v) is 3.82. The Kier molecular flexibility index (Phi) is 4.83. The molecule has 0 saturated carbocycles. The largest absolute Gasteiger partial charge is 0.345 e. The first-order valence-electron chi connectivity index (χ1n) is 9.22. The molecule has 2 fully saturated rings. The van der Waals surface area contributed by atoms with E-state index >= 15 is 0 Å². The van der Waals surface area contributed by atoms with Gasteiger partial charge in [0, 0.05) is 51.9 Å². The molecule has 2 amide bonds. The van der Waals surface area contributed by atoms with Crippen molar-refractivity contribution in [3.05, 3.63) is 24.5 Å². The van der Waals surface area contributed by atoms with E-state index in [1.165, 1.54) is 0 Å². The summed E-state index contributed by atoms with van der Waals surface area (Å²) in [5, 5.41) is 3.97. The number of carbonyl (C=O) groups is 2. The van der Waals surface area contributed by atoms with Gasteiger partial charge in [-0.05, 0) is 18.8 Å². The molecule has 0 radical (unpaired) electrons. The summed E-state index contributed by atoms with van der Waals surface area (Å²) >= 11 is 0. The van der Waals surface area contributed by atoms with Gasteiger partial charge in [-0.25, -0.2) is 4.98 Å². The SMILES string of the molecule is CN1C[C@@H](C(=O)N2CCC[C@@H](Cc3nc(-c4cnccn4)no3)C2)CC1=O. The first-order valence-corrected chi connectivity index (χ1v) is 9.22. The summed E-state index contributed by atoms with van der Waals surface area (Å²) in [6, 6.07) is 0. The zero-order valence-corrected chi connectivity index (χ0v) is 15.2. The van der Waals surface area contributed by atoms with Gasteiger partial charge in [0.05, 0.1) is 12.1 Å². The fraction of sp³-hybridized carbons (Fsp3) is 0.556. The second-order valence-corrected chi connectivity index (χ2v) is 7.27. The molecule has 0 spiro atoms. The lowest BCUT2D eigenvalue weighted by molar-refractivity contribution is -0.137. The third-order valence-corrected chi connectivity index (χ3v) is 5.24. The maximum Gasteiger partial charge on any atom is 0.228 e. The maximum absolute atomic E-state index is 12.8. The number of likely N-dealkylation sites (tertiary alicyclic amines) is 2. The predicted molar refractivity (Wildman–Crippen MR) is 94.1 cm³/mol. The van der Waals surface area contributed by atoms with Crippen LogP contribution < -0.4 is 0 Å². The number of rotatable bonds is 4. The lowest BCUT2D eigenvalue weighted by atomic mass is 9.93. The Morgan fingerprint density at radius 3 is 2.96 bits per heavy atom. The van der Waals surface area contributed by atoms with Crippen molar-refractivity contribution in [2.45, 2.75) is 25.7 Å². The summed E-state index contributed by atoms with van der Waals surface area (Å²) in [5.74, 6) is 1.16. The molecule has 0 aliphatic carbocycles. The van der Waals surface area contributed by atoms with Gasteiger partial charge >= 0.3 is 0 Å². The summed E-state index contributed by atoms with van der Waals surface area (Å²) in [6.45, 7) is 1.93. The predicted octanol–water partition coefficient (Wildman–Crippen LogP) is 0.786. The van der Waals surface area contributed by atoms with Crippen molar-refractivity contribution in [3.63, 3.8) is 0 Å². The van der Waals surface area contributed by atoms with Gasteiger partial charge in [0.15, 0.2) is 0 Å². The van der Waals surface area contributed by atoms with Crippen molar-refractivity contribution in [1.29, 1.82) is 0 Å². The van der Waals surface area contributed by atoms with Crippen LogP contribution in [0, 0.1) is 11.8 Å². The Labute approximate surface area is 156 Å². The molecule has 9 heteroatoms. The average Bonchev–Trinajstić information content (AvgIpc) is 3.29. The van der Waals surface area contributed by atoms with Crippen molar-refractivity contribution < 1.29 is 14.1 Å². The van der Waals surface area contributed by atoms with Gasteiger partial charge in [-0.1, -0.05) is 5.16 Å². The van der Waals surface area contributed by atoms with Crippen molar-refractivity contribution in [2.75, 3.05) is 26.7 Å². The van der Waals surface area contributed by atoms with E-state index in [0.717, 1.165) is 19.4 Å². The van der Waals surface area contributed by atoms with Crippen LogP contribution in [0.2, 0.25) is 0 Å². The summed E-state index contributed by atoms with van der Waals surface area (Å²) in [6.07, 6.45) is 7.67. The van der Waals surface area contributed by atoms with Crippen molar-refractivity contribution in [1.82, 2.24) is 29.9 Å². The van der Waals surface area contributed by atoms with Gasteiger partial charge in [-0.15, -0.1) is 0 Å². The lowest BCUT2D eigenvalue weighted by Gasteiger charge is -2.33. The molecule has 9 nitrogen and oxygen atoms in total. The highest BCUT2D eigenvalue weighted by Gasteiger charge is 2.36. The number of carbonyl (C=O) groups excluding carboxylic acids is 2. The topological polar surface area (TPSA) is 105 Å². The lowest BCUT2D eigenvalue weighted by Crippen LogP contribution is -2.44. The van der Waals surface area contributed by atoms with E-state index in [9.17, 15) is 9.59 Å². The molecule has 2 atom stereocenters. The first kappa shape index (κ1) is 17.6. The molecule has 2 aliphatic heterocycles. The molecule has 142 valence electrons. The monoisotopic (exact) mass is 370 g/mol. The highest BCUT2D eigenvalue weighted by molar-refractivity contribution is 5.89. The van der Waals surface area contributed by atoms with Gasteiger partial charge in [0.1, 0.15) is 5.69 Å². The van der Waals surface area contributed by atoms with E-state index in [1.54, 1.807) is 30.5 Å². The van der Waals surface area contributed by atoms with Crippen molar-refractivity contribution in [3.8, 4) is 11.5 Å². The Hall–Kier alpha value is -2.84. The molecule has 0 N–H and O–H groups in total. The van der Waals surface area contributed by atoms with Gasteiger partial charge in [0.25, 0.3) is 0 Å². The molecule has 4 rings (SSSR count). The molecule has 2 aliphatic rings. The van der Waals surface area contributed by atoms with Crippen molar-refractivity contribution >= 4 is 11.8 Å². The normalized spacial score (nSPS) is 23.1. The Balaban J connectivity index is 1.37. The van der Waals surface area contributed by atoms with Crippen LogP contribution in [0.5, 0.6) is 0 Å². The Morgan fingerprint density at radius 2 is 2.22 bits per heavy atom. The van der Waals surface area contributed by atoms with Crippen LogP contribution in [0.4, 0.5) is 0 Å². The summed E-state index contributed by atoms with van der Waals surface area (Å²) in [7, 11) is 1.75. The van der Waals surface area contributed by atoms with Gasteiger partial charge in [-0.2, -0.15) is 4.98 Å². The fourth-order valence-electron chi connectivity index (χ4n) is 3.82. The molecule has 4 heterocycles. The molecule has 2 aromatic rings. The quantitative estimate of drug-likeness (QED) is 0.783. The molecule has 2 saturated heterocycles. The number of nitrogens with zero attached hydrogens (tertiary/aromatic N) is 6. The molecule has 0 aromatic carbocycles. The van der Waals surface area contributed by atoms with Crippen LogP contribution in [-0.4, -0.2) is 68.4 Å². The summed E-state index contributed by atoms with van der Waals surface area (Å²) < 4.78 is 5.36. The zero-order chi connectivity index (χ0) is 18.8. The van der Waals surface area contributed by atoms with Crippen LogP contribution in [0.15, 0.2) is 23.1 Å². The average molecular weight is 370 g/mol. The molecular weight excluding hydrogens is 348 g/mol. The second kappa shape index (κ2) is 7.42. The third-order valence-electron chi connectivity index (χ3n) is 5.24. The van der Waals surface area contributed by atoms with Gasteiger partial charge < -0.3 is 14.3 Å². The smallest absolute Gasteiger partial charge is 0.228 e. The van der Waals surface area contributed by atoms with E-state index in [2.05, 4.69) is 20.1 Å². The minimum absolute atomic E-state index is 0.0457. The third kappa shape index (κ3) is 3.81. The maximum atomic E-state index is 12.8. The highest BCUT2D eigenvalue weighted by atomic mass is 16.5. The van der Waals surface area contributed by atoms with Crippen LogP contribution in [0.25, 0.3) is 11.5 Å². The van der Waals surface area contributed by atoms with Gasteiger partial charge in [0.2, 0.25) is 23.5 Å². The number of amides is 2. The highest BCUT2D eigenvalue weighted by Crippen LogP contribution is 2.25. The molecule has 27 heavy (non-hydrogen) atoms. The van der Waals surface area contributed by atoms with Crippen LogP contribution in [-0.2, 0) is 16.0 Å². The van der Waals surface area contributed by atoms with Crippen LogP contribution in [0.3, 0.4) is 0 Å². The van der Waals surface area contributed by atoms with E-state index < -0.39 is 0 Å². The van der Waals surface area contributed by atoms with Crippen LogP contribution >= 0.6 is 0 Å². The number of piperidine rings is 1. The molecule has 2 aromatic heterocycles. The van der Waals surface area contributed by atoms with Crippen LogP contribution in [0.1, 0.15) is 25.2 Å². The Morgan fingerprint density at radius 1 is 1.33 bits per heavy atom. The van der Waals surface area contributed by atoms with Crippen molar-refractivity contribution in [2.24, 2.45) is 11.8 Å². The molecule has 0 bridgehead atoms. The van der Waals surface area contributed by atoms with E-state index in [-0.39, 0.29) is 23.7 Å². The zero-order valence-electron chi connectivity index (χ0n) is 15.2. The van der Waals surface area contributed by atoms with E-state index in [4.69, 9.17) is 4.52 Å². The second-order valence-electron chi connectivity index (χ2n) is 7.27. The molecular formula is C18H22N6O3. The number of aromatic nitrogens is 4. The molecule has 0 unspecified atom stereocenters. The summed E-state index contributed by atoms with van der Waals surface area (Å²) in [4.78, 5) is 40.6. The minimum Gasteiger partial charge on any atom is -0.345 e. The Bertz CT molecular complexity index is 824. The number of hydrogen-bond donors (Lipinski definition) is 0. The first-order chi connectivity index (χ1) is 13.1. The van der Waals surface area contributed by atoms with Gasteiger partial charge in [-0.3, -0.25) is 14.6 Å². The number of hydrogen-bond acceptors (Lipinski definition) is 7. The van der Waals surface area contributed by atoms with E-state index in [1.807, 2.05) is 4.90 Å². The summed E-state index contributed by atoms with van der Waals surface area (Å²) in [5.41, 5.74) is 0.572. The minimum atomic E-state index is -0.215. The standard InChI is InChI=1S/C18H22N6O3/c1-23-11-13(8-16(23)25)18(26)24-6-2-3-12(10-24)7-15-21-17(22-27-15)14-9-19-4-5-20-14/h4-5,9,12-13H,2-3,6-8,10-11H2,1H3/t12-,13-/m0/s1.